The van der Waals surface area contributed by atoms with Gasteiger partial charge in [-0.05, 0) is 44.6 Å². The Morgan fingerprint density at radius 2 is 2.07 bits per heavy atom. The standard InChI is InChI=1S/C6H2BrClF2INO2S/c7-4-2(11)1-3(15(8,13)14)12-5(4)6(9)10/h1,6H. The molecule has 0 N–H and O–H groups in total. The monoisotopic (exact) mass is 431 g/mol. The molecule has 0 unspecified atom stereocenters. The number of alkyl halides is 2. The number of halogens is 5. The number of hydrogen-bond acceptors (Lipinski definition) is 3. The third kappa shape index (κ3) is 3.21. The van der Waals surface area contributed by atoms with Crippen LogP contribution in [0.5, 0.6) is 0 Å². The molecule has 0 saturated carbocycles. The van der Waals surface area contributed by atoms with E-state index in [1.807, 2.05) is 0 Å². The van der Waals surface area contributed by atoms with Gasteiger partial charge in [0.25, 0.3) is 15.5 Å². The van der Waals surface area contributed by atoms with Gasteiger partial charge in [0.2, 0.25) is 0 Å². The van der Waals surface area contributed by atoms with Gasteiger partial charge in [-0.1, -0.05) is 0 Å². The topological polar surface area (TPSA) is 47.0 Å². The lowest BCUT2D eigenvalue weighted by Crippen LogP contribution is -2.02. The molecule has 0 saturated heterocycles. The summed E-state index contributed by atoms with van der Waals surface area (Å²) >= 11 is 4.60. The van der Waals surface area contributed by atoms with Crippen molar-refractivity contribution in [3.8, 4) is 0 Å². The quantitative estimate of drug-likeness (QED) is 0.532. The Kier molecular flexibility index (Phi) is 4.29. The molecule has 0 aliphatic heterocycles. The van der Waals surface area contributed by atoms with E-state index in [2.05, 4.69) is 20.9 Å². The molecule has 0 bridgehead atoms. The van der Waals surface area contributed by atoms with E-state index >= 15 is 0 Å². The second-order valence-electron chi connectivity index (χ2n) is 2.38. The van der Waals surface area contributed by atoms with Crippen LogP contribution in [0.25, 0.3) is 0 Å². The Hall–Kier alpha value is 0.460. The van der Waals surface area contributed by atoms with E-state index in [-0.39, 0.29) is 4.47 Å². The van der Waals surface area contributed by atoms with E-state index in [0.717, 1.165) is 6.07 Å². The molecule has 0 amide bonds. The van der Waals surface area contributed by atoms with Crippen LogP contribution in [0.3, 0.4) is 0 Å². The summed E-state index contributed by atoms with van der Waals surface area (Å²) in [6.07, 6.45) is -2.87. The molecule has 0 spiro atoms. The van der Waals surface area contributed by atoms with Crippen LogP contribution < -0.4 is 0 Å². The Labute approximate surface area is 111 Å². The third-order valence-electron chi connectivity index (χ3n) is 1.37. The van der Waals surface area contributed by atoms with Crippen LogP contribution >= 0.6 is 49.2 Å². The predicted molar refractivity (Wildman–Crippen MR) is 62.6 cm³/mol. The SMILES string of the molecule is O=S(=O)(Cl)c1cc(I)c(Br)c(C(F)F)n1. The highest BCUT2D eigenvalue weighted by molar-refractivity contribution is 14.1. The van der Waals surface area contributed by atoms with Gasteiger partial charge in [-0.3, -0.25) is 0 Å². The second kappa shape index (κ2) is 4.76. The molecule has 0 aromatic carbocycles. The number of hydrogen-bond donors (Lipinski definition) is 0. The Morgan fingerprint density at radius 1 is 1.53 bits per heavy atom. The van der Waals surface area contributed by atoms with E-state index < -0.39 is 26.2 Å². The van der Waals surface area contributed by atoms with Crippen molar-refractivity contribution < 1.29 is 17.2 Å². The average Bonchev–Trinajstić information content (AvgIpc) is 2.06. The first-order valence-electron chi connectivity index (χ1n) is 3.32. The molecule has 15 heavy (non-hydrogen) atoms. The van der Waals surface area contributed by atoms with Gasteiger partial charge in [0, 0.05) is 14.3 Å². The predicted octanol–water partition coefficient (Wildman–Crippen LogP) is 3.31. The minimum absolute atomic E-state index is 0.0715. The van der Waals surface area contributed by atoms with Crippen molar-refractivity contribution in [3.05, 3.63) is 19.8 Å². The number of aromatic nitrogens is 1. The molecule has 1 aromatic heterocycles. The molecule has 9 heteroatoms. The van der Waals surface area contributed by atoms with Crippen LogP contribution in [0.15, 0.2) is 15.6 Å². The summed E-state index contributed by atoms with van der Waals surface area (Å²) < 4.78 is 47.1. The molecule has 0 aliphatic rings. The lowest BCUT2D eigenvalue weighted by Gasteiger charge is -2.06. The normalized spacial score (nSPS) is 12.1. The van der Waals surface area contributed by atoms with Crippen molar-refractivity contribution in [1.29, 1.82) is 0 Å². The minimum atomic E-state index is -4.10. The highest BCUT2D eigenvalue weighted by Gasteiger charge is 2.21. The van der Waals surface area contributed by atoms with Gasteiger partial charge in [0.05, 0.1) is 4.47 Å². The summed E-state index contributed by atoms with van der Waals surface area (Å²) in [7, 11) is 0.910. The van der Waals surface area contributed by atoms with Crippen molar-refractivity contribution in [2.45, 2.75) is 11.5 Å². The zero-order chi connectivity index (χ0) is 11.8. The summed E-state index contributed by atoms with van der Waals surface area (Å²) in [6.45, 7) is 0. The largest absolute Gasteiger partial charge is 0.281 e. The zero-order valence-corrected chi connectivity index (χ0v) is 12.0. The van der Waals surface area contributed by atoms with Crippen molar-refractivity contribution >= 4 is 58.3 Å². The number of nitrogens with zero attached hydrogens (tertiary/aromatic N) is 1. The van der Waals surface area contributed by atoms with Crippen LogP contribution in [0.4, 0.5) is 8.78 Å². The van der Waals surface area contributed by atoms with Crippen LogP contribution in [0.1, 0.15) is 12.1 Å². The van der Waals surface area contributed by atoms with E-state index in [4.69, 9.17) is 10.7 Å². The fourth-order valence-corrected chi connectivity index (χ4v) is 2.63. The molecule has 84 valence electrons. The molecule has 1 heterocycles. The summed E-state index contributed by atoms with van der Waals surface area (Å²) in [5.74, 6) is 0. The number of pyridine rings is 1. The van der Waals surface area contributed by atoms with E-state index in [0.29, 0.717) is 3.57 Å². The number of rotatable bonds is 2. The summed E-state index contributed by atoms with van der Waals surface area (Å²) in [4.78, 5) is 3.28. The van der Waals surface area contributed by atoms with Crippen molar-refractivity contribution in [3.63, 3.8) is 0 Å². The summed E-state index contributed by atoms with van der Waals surface area (Å²) in [5.41, 5.74) is -0.638. The lowest BCUT2D eigenvalue weighted by atomic mass is 10.4. The van der Waals surface area contributed by atoms with Gasteiger partial charge in [0.1, 0.15) is 5.69 Å². The van der Waals surface area contributed by atoms with Gasteiger partial charge in [-0.2, -0.15) is 0 Å². The molecule has 0 atom stereocenters. The smallest absolute Gasteiger partial charge is 0.233 e. The first-order chi connectivity index (χ1) is 6.73. The van der Waals surface area contributed by atoms with Crippen LogP contribution in [0.2, 0.25) is 0 Å². The average molecular weight is 432 g/mol. The highest BCUT2D eigenvalue weighted by Crippen LogP contribution is 2.31. The fraction of sp³-hybridized carbons (Fsp3) is 0.167. The fourth-order valence-electron chi connectivity index (χ4n) is 0.764. The van der Waals surface area contributed by atoms with E-state index in [1.165, 1.54) is 0 Å². The molecule has 0 radical (unpaired) electrons. The maximum atomic E-state index is 12.4. The maximum absolute atomic E-state index is 12.4. The molecular formula is C6H2BrClF2INO2S. The van der Waals surface area contributed by atoms with Gasteiger partial charge in [-0.25, -0.2) is 22.2 Å². The Morgan fingerprint density at radius 3 is 2.47 bits per heavy atom. The van der Waals surface area contributed by atoms with Crippen molar-refractivity contribution in [2.75, 3.05) is 0 Å². The molecular weight excluding hydrogens is 430 g/mol. The van der Waals surface area contributed by atoms with Crippen LogP contribution in [-0.2, 0) is 9.05 Å². The van der Waals surface area contributed by atoms with Gasteiger partial charge in [-0.15, -0.1) is 0 Å². The lowest BCUT2D eigenvalue weighted by molar-refractivity contribution is 0.144. The van der Waals surface area contributed by atoms with Gasteiger partial charge in [0.15, 0.2) is 5.03 Å². The van der Waals surface area contributed by atoms with Gasteiger partial charge < -0.3 is 0 Å². The summed E-state index contributed by atoms with van der Waals surface area (Å²) in [6, 6.07) is 1.11. The Bertz CT molecular complexity index is 496. The van der Waals surface area contributed by atoms with Crippen molar-refractivity contribution in [2.24, 2.45) is 0 Å². The minimum Gasteiger partial charge on any atom is -0.233 e. The maximum Gasteiger partial charge on any atom is 0.281 e. The van der Waals surface area contributed by atoms with Crippen LogP contribution in [-0.4, -0.2) is 13.4 Å². The van der Waals surface area contributed by atoms with E-state index in [1.54, 1.807) is 22.6 Å². The molecule has 0 fully saturated rings. The summed E-state index contributed by atoms with van der Waals surface area (Å²) in [5, 5.41) is -0.577. The molecule has 3 nitrogen and oxygen atoms in total. The molecule has 0 aliphatic carbocycles. The zero-order valence-electron chi connectivity index (χ0n) is 6.72. The molecule has 1 rings (SSSR count). The first kappa shape index (κ1) is 13.5. The van der Waals surface area contributed by atoms with E-state index in [9.17, 15) is 17.2 Å². The third-order valence-corrected chi connectivity index (χ3v) is 4.98. The first-order valence-corrected chi connectivity index (χ1v) is 7.50. The molecule has 1 aromatic rings. The highest BCUT2D eigenvalue weighted by atomic mass is 127. The van der Waals surface area contributed by atoms with Crippen molar-refractivity contribution in [1.82, 2.24) is 4.98 Å². The van der Waals surface area contributed by atoms with Crippen LogP contribution in [0, 0.1) is 3.57 Å². The Balaban J connectivity index is 3.50. The second-order valence-corrected chi connectivity index (χ2v) is 6.85. The van der Waals surface area contributed by atoms with Gasteiger partial charge >= 0.3 is 0 Å².